The van der Waals surface area contributed by atoms with Crippen molar-refractivity contribution in [2.75, 3.05) is 4.90 Å². The normalized spacial score (nSPS) is 18.6. The molecule has 6 nitrogen and oxygen atoms in total. The van der Waals surface area contributed by atoms with Crippen molar-refractivity contribution >= 4 is 17.6 Å². The molecule has 2 rings (SSSR count). The Morgan fingerprint density at radius 3 is 2.59 bits per heavy atom. The van der Waals surface area contributed by atoms with Crippen LogP contribution in [0.25, 0.3) is 0 Å². The van der Waals surface area contributed by atoms with Crippen LogP contribution in [0.3, 0.4) is 0 Å². The molecular formula is C11H12N4O2. The fourth-order valence-electron chi connectivity index (χ4n) is 1.94. The second kappa shape index (κ2) is 3.42. The average molecular weight is 232 g/mol. The highest BCUT2D eigenvalue weighted by Crippen LogP contribution is 2.35. The van der Waals surface area contributed by atoms with Crippen LogP contribution in [0.1, 0.15) is 25.8 Å². The predicted octanol–water partition coefficient (Wildman–Crippen LogP) is 0.581. The first-order chi connectivity index (χ1) is 7.88. The zero-order chi connectivity index (χ0) is 12.8. The standard InChI is InChI=1S/C11H12N4O2/c1-11(2)4-8(16)15(10(11)17)9-7(5-12)6-13-14(9)3/h6H,4H2,1-3H3. The molecule has 0 aromatic carbocycles. The number of imide groups is 1. The van der Waals surface area contributed by atoms with E-state index < -0.39 is 5.41 Å². The molecule has 17 heavy (non-hydrogen) atoms. The largest absolute Gasteiger partial charge is 0.274 e. The second-order valence-corrected chi connectivity index (χ2v) is 4.71. The molecule has 1 aromatic heterocycles. The van der Waals surface area contributed by atoms with Gasteiger partial charge in [0.1, 0.15) is 11.6 Å². The number of carbonyl (C=O) groups is 2. The number of nitrogens with zero attached hydrogens (tertiary/aromatic N) is 4. The molecule has 1 aliphatic rings. The lowest BCUT2D eigenvalue weighted by Crippen LogP contribution is -2.34. The molecule has 0 N–H and O–H groups in total. The molecule has 0 saturated carbocycles. The molecule has 1 aromatic rings. The van der Waals surface area contributed by atoms with Crippen LogP contribution in [0.5, 0.6) is 0 Å². The van der Waals surface area contributed by atoms with Crippen LogP contribution in [-0.4, -0.2) is 21.6 Å². The minimum atomic E-state index is -0.714. The Labute approximate surface area is 98.4 Å². The summed E-state index contributed by atoms with van der Waals surface area (Å²) < 4.78 is 1.37. The summed E-state index contributed by atoms with van der Waals surface area (Å²) in [5.41, 5.74) is -0.486. The molecule has 2 amide bonds. The summed E-state index contributed by atoms with van der Waals surface area (Å²) >= 11 is 0. The number of nitriles is 1. The van der Waals surface area contributed by atoms with Crippen LogP contribution in [0.4, 0.5) is 5.82 Å². The maximum atomic E-state index is 12.1. The Kier molecular flexibility index (Phi) is 2.28. The van der Waals surface area contributed by atoms with Crippen LogP contribution >= 0.6 is 0 Å². The molecule has 2 heterocycles. The van der Waals surface area contributed by atoms with Crippen molar-refractivity contribution in [3.8, 4) is 6.07 Å². The first kappa shape index (κ1) is 11.3. The van der Waals surface area contributed by atoms with Crippen LogP contribution < -0.4 is 4.90 Å². The molecule has 0 spiro atoms. The monoisotopic (exact) mass is 232 g/mol. The summed E-state index contributed by atoms with van der Waals surface area (Å²) in [7, 11) is 1.60. The molecule has 0 bridgehead atoms. The zero-order valence-electron chi connectivity index (χ0n) is 9.89. The lowest BCUT2D eigenvalue weighted by Gasteiger charge is -2.17. The summed E-state index contributed by atoms with van der Waals surface area (Å²) in [6.45, 7) is 3.44. The smallest absolute Gasteiger partial charge is 0.241 e. The Bertz CT molecular complexity index is 550. The number of aryl methyl sites for hydroxylation is 1. The number of rotatable bonds is 1. The van der Waals surface area contributed by atoms with E-state index in [2.05, 4.69) is 5.10 Å². The van der Waals surface area contributed by atoms with Crippen molar-refractivity contribution in [1.29, 1.82) is 5.26 Å². The van der Waals surface area contributed by atoms with Crippen LogP contribution in [0, 0.1) is 16.7 Å². The molecule has 88 valence electrons. The van der Waals surface area contributed by atoms with Crippen LogP contribution in [0.2, 0.25) is 0 Å². The van der Waals surface area contributed by atoms with Gasteiger partial charge < -0.3 is 0 Å². The van der Waals surface area contributed by atoms with Gasteiger partial charge in [-0.05, 0) is 0 Å². The quantitative estimate of drug-likeness (QED) is 0.663. The highest BCUT2D eigenvalue weighted by atomic mass is 16.2. The number of aromatic nitrogens is 2. The van der Waals surface area contributed by atoms with E-state index in [9.17, 15) is 9.59 Å². The van der Waals surface area contributed by atoms with Gasteiger partial charge in [0.05, 0.1) is 11.6 Å². The molecule has 0 radical (unpaired) electrons. The van der Waals surface area contributed by atoms with E-state index in [0.717, 1.165) is 4.90 Å². The first-order valence-electron chi connectivity index (χ1n) is 5.18. The van der Waals surface area contributed by atoms with E-state index in [0.29, 0.717) is 0 Å². The Hall–Kier alpha value is -2.16. The summed E-state index contributed by atoms with van der Waals surface area (Å²) in [6.07, 6.45) is 1.50. The van der Waals surface area contributed by atoms with E-state index in [1.54, 1.807) is 20.9 Å². The maximum absolute atomic E-state index is 12.1. The van der Waals surface area contributed by atoms with Crippen molar-refractivity contribution in [2.45, 2.75) is 20.3 Å². The van der Waals surface area contributed by atoms with Gasteiger partial charge >= 0.3 is 0 Å². The van der Waals surface area contributed by atoms with Gasteiger partial charge in [0.2, 0.25) is 11.8 Å². The number of anilines is 1. The fourth-order valence-corrected chi connectivity index (χ4v) is 1.94. The molecule has 0 atom stereocenters. The van der Waals surface area contributed by atoms with E-state index in [1.165, 1.54) is 10.9 Å². The minimum Gasteiger partial charge on any atom is -0.274 e. The number of hydrogen-bond acceptors (Lipinski definition) is 4. The number of hydrogen-bond donors (Lipinski definition) is 0. The maximum Gasteiger partial charge on any atom is 0.241 e. The molecule has 0 unspecified atom stereocenters. The minimum absolute atomic E-state index is 0.155. The molecular weight excluding hydrogens is 220 g/mol. The lowest BCUT2D eigenvalue weighted by atomic mass is 9.92. The molecule has 1 fully saturated rings. The van der Waals surface area contributed by atoms with E-state index in [1.807, 2.05) is 6.07 Å². The second-order valence-electron chi connectivity index (χ2n) is 4.71. The zero-order valence-corrected chi connectivity index (χ0v) is 9.89. The van der Waals surface area contributed by atoms with Gasteiger partial charge in [-0.2, -0.15) is 10.4 Å². The third kappa shape index (κ3) is 1.51. The predicted molar refractivity (Wildman–Crippen MR) is 58.8 cm³/mol. The summed E-state index contributed by atoms with van der Waals surface area (Å²) in [4.78, 5) is 25.0. The average Bonchev–Trinajstić information content (AvgIpc) is 2.68. The molecule has 1 saturated heterocycles. The number of carbonyl (C=O) groups excluding carboxylic acids is 2. The number of amides is 2. The Morgan fingerprint density at radius 2 is 2.12 bits per heavy atom. The van der Waals surface area contributed by atoms with Crippen molar-refractivity contribution in [3.05, 3.63) is 11.8 Å². The topological polar surface area (TPSA) is 79.0 Å². The first-order valence-corrected chi connectivity index (χ1v) is 5.18. The van der Waals surface area contributed by atoms with Gasteiger partial charge in [-0.3, -0.25) is 14.3 Å². The van der Waals surface area contributed by atoms with Gasteiger partial charge in [0, 0.05) is 13.5 Å². The third-order valence-electron chi connectivity index (χ3n) is 2.86. The van der Waals surface area contributed by atoms with Crippen molar-refractivity contribution in [1.82, 2.24) is 9.78 Å². The van der Waals surface area contributed by atoms with Gasteiger partial charge in [-0.25, -0.2) is 4.90 Å². The van der Waals surface area contributed by atoms with Gasteiger partial charge in [-0.1, -0.05) is 13.8 Å². The van der Waals surface area contributed by atoms with Crippen LogP contribution in [0.15, 0.2) is 6.20 Å². The lowest BCUT2D eigenvalue weighted by molar-refractivity contribution is -0.124. The van der Waals surface area contributed by atoms with Gasteiger partial charge in [0.15, 0.2) is 5.82 Å². The third-order valence-corrected chi connectivity index (χ3v) is 2.86. The highest BCUT2D eigenvalue weighted by molar-refractivity contribution is 6.22. The Balaban J connectivity index is 2.55. The van der Waals surface area contributed by atoms with Crippen molar-refractivity contribution < 1.29 is 9.59 Å². The molecule has 0 aliphatic carbocycles. The van der Waals surface area contributed by atoms with E-state index >= 15 is 0 Å². The van der Waals surface area contributed by atoms with Crippen molar-refractivity contribution in [2.24, 2.45) is 12.5 Å². The summed E-state index contributed by atoms with van der Waals surface area (Å²) in [6, 6.07) is 1.93. The highest BCUT2D eigenvalue weighted by Gasteiger charge is 2.47. The fraction of sp³-hybridized carbons (Fsp3) is 0.455. The van der Waals surface area contributed by atoms with Crippen LogP contribution in [-0.2, 0) is 16.6 Å². The van der Waals surface area contributed by atoms with E-state index in [-0.39, 0.29) is 29.6 Å². The Morgan fingerprint density at radius 1 is 1.47 bits per heavy atom. The SMILES string of the molecule is Cn1ncc(C#N)c1N1C(=O)CC(C)(C)C1=O. The summed E-state index contributed by atoms with van der Waals surface area (Å²) in [5.74, 6) is -0.323. The molecule has 6 heteroatoms. The van der Waals surface area contributed by atoms with Gasteiger partial charge in [0.25, 0.3) is 0 Å². The van der Waals surface area contributed by atoms with Crippen molar-refractivity contribution in [3.63, 3.8) is 0 Å². The van der Waals surface area contributed by atoms with Gasteiger partial charge in [-0.15, -0.1) is 0 Å². The van der Waals surface area contributed by atoms with E-state index in [4.69, 9.17) is 5.26 Å². The molecule has 1 aliphatic heterocycles. The summed E-state index contributed by atoms with van der Waals surface area (Å²) in [5, 5.41) is 12.8.